The van der Waals surface area contributed by atoms with E-state index in [0.29, 0.717) is 5.75 Å². The maximum absolute atomic E-state index is 11.8. The van der Waals surface area contributed by atoms with Gasteiger partial charge >= 0.3 is 0 Å². The molecule has 1 amide bonds. The van der Waals surface area contributed by atoms with Gasteiger partial charge in [0.25, 0.3) is 0 Å². The number of halogens is 1. The van der Waals surface area contributed by atoms with E-state index in [9.17, 15) is 4.79 Å². The number of amides is 1. The molecule has 1 aromatic carbocycles. The molecule has 0 radical (unpaired) electrons. The normalized spacial score (nSPS) is 16.4. The summed E-state index contributed by atoms with van der Waals surface area (Å²) in [5, 5.41) is 3.02. The standard InChI is InChI=1S/C17H26BrN3OS/c1-20-9-11-21(12-10-20)8-4-7-19-17(22)14-23-13-15-5-2-3-6-16(15)18/h2-3,5-6H,4,7-14H2,1H3,(H,19,22). The minimum absolute atomic E-state index is 0.139. The first kappa shape index (κ1) is 18.8. The summed E-state index contributed by atoms with van der Waals surface area (Å²) in [6, 6.07) is 8.16. The van der Waals surface area contributed by atoms with Crippen molar-refractivity contribution in [2.45, 2.75) is 12.2 Å². The van der Waals surface area contributed by atoms with Gasteiger partial charge in [0.2, 0.25) is 5.91 Å². The number of carbonyl (C=O) groups excluding carboxylic acids is 1. The summed E-state index contributed by atoms with van der Waals surface area (Å²) >= 11 is 5.19. The highest BCUT2D eigenvalue weighted by atomic mass is 79.9. The molecule has 0 aliphatic carbocycles. The molecule has 0 atom stereocenters. The van der Waals surface area contributed by atoms with Crippen molar-refractivity contribution < 1.29 is 4.79 Å². The van der Waals surface area contributed by atoms with Gasteiger partial charge < -0.3 is 15.1 Å². The second kappa shape index (κ2) is 10.3. The molecule has 1 fully saturated rings. The third-order valence-corrected chi connectivity index (χ3v) is 5.77. The summed E-state index contributed by atoms with van der Waals surface area (Å²) in [5.74, 6) is 1.52. The molecule has 4 nitrogen and oxygen atoms in total. The lowest BCUT2D eigenvalue weighted by Crippen LogP contribution is -2.45. The molecule has 1 N–H and O–H groups in total. The van der Waals surface area contributed by atoms with Crippen LogP contribution in [0.5, 0.6) is 0 Å². The van der Waals surface area contributed by atoms with Crippen LogP contribution in [0.4, 0.5) is 0 Å². The Balaban J connectivity index is 1.51. The van der Waals surface area contributed by atoms with Crippen molar-refractivity contribution in [2.75, 3.05) is 52.1 Å². The third-order valence-electron chi connectivity index (χ3n) is 4.02. The topological polar surface area (TPSA) is 35.6 Å². The van der Waals surface area contributed by atoms with Gasteiger partial charge in [0.15, 0.2) is 0 Å². The molecule has 128 valence electrons. The van der Waals surface area contributed by atoms with Crippen molar-refractivity contribution in [1.29, 1.82) is 0 Å². The molecule has 0 unspecified atom stereocenters. The summed E-state index contributed by atoms with van der Waals surface area (Å²) < 4.78 is 1.11. The van der Waals surface area contributed by atoms with Crippen LogP contribution in [-0.4, -0.2) is 67.8 Å². The van der Waals surface area contributed by atoms with Crippen molar-refractivity contribution >= 4 is 33.6 Å². The number of thioether (sulfide) groups is 1. The number of benzene rings is 1. The van der Waals surface area contributed by atoms with E-state index in [1.54, 1.807) is 11.8 Å². The monoisotopic (exact) mass is 399 g/mol. The Morgan fingerprint density at radius 1 is 1.26 bits per heavy atom. The van der Waals surface area contributed by atoms with Gasteiger partial charge in [0.1, 0.15) is 0 Å². The molecule has 1 aliphatic rings. The van der Waals surface area contributed by atoms with E-state index in [1.165, 1.54) is 5.56 Å². The SMILES string of the molecule is CN1CCN(CCCNC(=O)CSCc2ccccc2Br)CC1. The zero-order chi connectivity index (χ0) is 16.5. The van der Waals surface area contributed by atoms with Gasteiger partial charge in [-0.15, -0.1) is 11.8 Å². The Hall–Kier alpha value is -0.560. The zero-order valence-electron chi connectivity index (χ0n) is 13.8. The van der Waals surface area contributed by atoms with Crippen LogP contribution in [0.15, 0.2) is 28.7 Å². The lowest BCUT2D eigenvalue weighted by atomic mass is 10.2. The first-order valence-corrected chi connectivity index (χ1v) is 10.1. The van der Waals surface area contributed by atoms with E-state index < -0.39 is 0 Å². The quantitative estimate of drug-likeness (QED) is 0.680. The highest BCUT2D eigenvalue weighted by molar-refractivity contribution is 9.10. The Labute approximate surface area is 152 Å². The summed E-state index contributed by atoms with van der Waals surface area (Å²) in [5.41, 5.74) is 1.24. The van der Waals surface area contributed by atoms with Gasteiger partial charge in [-0.1, -0.05) is 34.1 Å². The predicted octanol–water partition coefficient (Wildman–Crippen LogP) is 2.44. The number of nitrogens with one attached hydrogen (secondary N) is 1. The van der Waals surface area contributed by atoms with Crippen LogP contribution < -0.4 is 5.32 Å². The second-order valence-electron chi connectivity index (χ2n) is 5.93. The largest absolute Gasteiger partial charge is 0.355 e. The van der Waals surface area contributed by atoms with Crippen LogP contribution >= 0.6 is 27.7 Å². The van der Waals surface area contributed by atoms with Crippen LogP contribution in [0, 0.1) is 0 Å². The summed E-state index contributed by atoms with van der Waals surface area (Å²) in [6.07, 6.45) is 1.03. The molecule has 0 aromatic heterocycles. The van der Waals surface area contributed by atoms with E-state index in [2.05, 4.69) is 44.2 Å². The van der Waals surface area contributed by atoms with Crippen LogP contribution in [0.2, 0.25) is 0 Å². The van der Waals surface area contributed by atoms with Crippen LogP contribution in [0.25, 0.3) is 0 Å². The smallest absolute Gasteiger partial charge is 0.230 e. The van der Waals surface area contributed by atoms with E-state index >= 15 is 0 Å². The minimum atomic E-state index is 0.139. The van der Waals surface area contributed by atoms with Gasteiger partial charge in [0, 0.05) is 42.9 Å². The van der Waals surface area contributed by atoms with Gasteiger partial charge in [-0.3, -0.25) is 4.79 Å². The van der Waals surface area contributed by atoms with E-state index in [1.807, 2.05) is 18.2 Å². The maximum Gasteiger partial charge on any atom is 0.230 e. The first-order chi connectivity index (χ1) is 11.1. The number of carbonyl (C=O) groups is 1. The van der Waals surface area contributed by atoms with Crippen molar-refractivity contribution in [3.63, 3.8) is 0 Å². The predicted molar refractivity (Wildman–Crippen MR) is 102 cm³/mol. The van der Waals surface area contributed by atoms with Gasteiger partial charge in [-0.25, -0.2) is 0 Å². The van der Waals surface area contributed by atoms with Crippen molar-refractivity contribution in [2.24, 2.45) is 0 Å². The summed E-state index contributed by atoms with van der Waals surface area (Å²) in [6.45, 7) is 6.45. The van der Waals surface area contributed by atoms with Crippen LogP contribution in [0.1, 0.15) is 12.0 Å². The number of piperazine rings is 1. The Morgan fingerprint density at radius 2 is 2.00 bits per heavy atom. The molecule has 1 aromatic rings. The fourth-order valence-corrected chi connectivity index (χ4v) is 3.99. The molecule has 1 heterocycles. The lowest BCUT2D eigenvalue weighted by Gasteiger charge is -2.32. The number of rotatable bonds is 8. The van der Waals surface area contributed by atoms with Gasteiger partial charge in [-0.2, -0.15) is 0 Å². The van der Waals surface area contributed by atoms with E-state index in [0.717, 1.165) is 55.9 Å². The molecule has 0 bridgehead atoms. The number of hydrogen-bond donors (Lipinski definition) is 1. The van der Waals surface area contributed by atoms with Crippen LogP contribution in [0.3, 0.4) is 0 Å². The molecule has 0 saturated carbocycles. The molecule has 1 aliphatic heterocycles. The molecule has 1 saturated heterocycles. The number of likely N-dealkylation sites (N-methyl/N-ethyl adjacent to an activating group) is 1. The molecular weight excluding hydrogens is 374 g/mol. The van der Waals surface area contributed by atoms with E-state index in [4.69, 9.17) is 0 Å². The average molecular weight is 400 g/mol. The first-order valence-electron chi connectivity index (χ1n) is 8.14. The Morgan fingerprint density at radius 3 is 2.74 bits per heavy atom. The molecule has 2 rings (SSSR count). The van der Waals surface area contributed by atoms with Crippen molar-refractivity contribution in [1.82, 2.24) is 15.1 Å². The van der Waals surface area contributed by atoms with Crippen LogP contribution in [-0.2, 0) is 10.5 Å². The third kappa shape index (κ3) is 7.25. The lowest BCUT2D eigenvalue weighted by molar-refractivity contribution is -0.118. The highest BCUT2D eigenvalue weighted by Crippen LogP contribution is 2.20. The maximum atomic E-state index is 11.8. The Kier molecular flexibility index (Phi) is 8.44. The number of nitrogens with zero attached hydrogens (tertiary/aromatic N) is 2. The van der Waals surface area contributed by atoms with Crippen molar-refractivity contribution in [3.8, 4) is 0 Å². The fraction of sp³-hybridized carbons (Fsp3) is 0.588. The summed E-state index contributed by atoms with van der Waals surface area (Å²) in [4.78, 5) is 16.7. The number of hydrogen-bond acceptors (Lipinski definition) is 4. The van der Waals surface area contributed by atoms with Gasteiger partial charge in [-0.05, 0) is 31.6 Å². The average Bonchev–Trinajstić information content (AvgIpc) is 2.55. The highest BCUT2D eigenvalue weighted by Gasteiger charge is 2.12. The molecular formula is C17H26BrN3OS. The second-order valence-corrected chi connectivity index (χ2v) is 7.77. The Bertz CT molecular complexity index is 492. The van der Waals surface area contributed by atoms with Crippen molar-refractivity contribution in [3.05, 3.63) is 34.3 Å². The fourth-order valence-electron chi connectivity index (χ4n) is 2.52. The molecule has 0 spiro atoms. The van der Waals surface area contributed by atoms with E-state index in [-0.39, 0.29) is 5.91 Å². The summed E-state index contributed by atoms with van der Waals surface area (Å²) in [7, 11) is 2.17. The van der Waals surface area contributed by atoms with Gasteiger partial charge in [0.05, 0.1) is 5.75 Å². The zero-order valence-corrected chi connectivity index (χ0v) is 16.2. The molecule has 6 heteroatoms. The molecule has 23 heavy (non-hydrogen) atoms. The minimum Gasteiger partial charge on any atom is -0.355 e.